The number of nitrogens with one attached hydrogen (secondary N) is 1. The number of amides is 2. The quantitative estimate of drug-likeness (QED) is 0.632. The Morgan fingerprint density at radius 2 is 2.15 bits per heavy atom. The molecule has 172 valence electrons. The molecular weight excluding hydrogens is 416 g/mol. The number of hydrogen-bond acceptors (Lipinski definition) is 6. The van der Waals surface area contributed by atoms with Crippen LogP contribution in [0.2, 0.25) is 0 Å². The lowest BCUT2D eigenvalue weighted by molar-refractivity contribution is -0.111. The summed E-state index contributed by atoms with van der Waals surface area (Å²) in [7, 11) is 2.09. The van der Waals surface area contributed by atoms with E-state index in [1.165, 1.54) is 12.4 Å². The molecular formula is C25H30N6O2. The van der Waals surface area contributed by atoms with Gasteiger partial charge in [-0.3, -0.25) is 9.59 Å². The Kier molecular flexibility index (Phi) is 7.80. The van der Waals surface area contributed by atoms with Crippen molar-refractivity contribution in [2.45, 2.75) is 20.3 Å². The van der Waals surface area contributed by atoms with Gasteiger partial charge in [0.15, 0.2) is 0 Å². The van der Waals surface area contributed by atoms with Gasteiger partial charge in [0.2, 0.25) is 0 Å². The molecule has 1 saturated heterocycles. The smallest absolute Gasteiger partial charge is 0.258 e. The molecule has 1 fully saturated rings. The molecule has 1 aliphatic rings. The van der Waals surface area contributed by atoms with Crippen LogP contribution >= 0.6 is 0 Å². The normalized spacial score (nSPS) is 16.0. The monoisotopic (exact) mass is 446 g/mol. The Labute approximate surface area is 194 Å². The molecule has 1 aromatic heterocycles. The third-order valence-corrected chi connectivity index (χ3v) is 5.99. The zero-order valence-corrected chi connectivity index (χ0v) is 19.3. The highest BCUT2D eigenvalue weighted by molar-refractivity contribution is 6.25. The third kappa shape index (κ3) is 5.76. The number of hydrogen-bond donors (Lipinski definition) is 2. The van der Waals surface area contributed by atoms with Crippen molar-refractivity contribution in [3.8, 4) is 6.07 Å². The second kappa shape index (κ2) is 10.7. The fourth-order valence-corrected chi connectivity index (χ4v) is 4.02. The largest absolute Gasteiger partial charge is 0.404 e. The van der Waals surface area contributed by atoms with Crippen molar-refractivity contribution in [1.82, 2.24) is 14.8 Å². The molecule has 0 saturated carbocycles. The van der Waals surface area contributed by atoms with Crippen LogP contribution in [0.4, 0.5) is 5.82 Å². The molecule has 2 amide bonds. The zero-order chi connectivity index (χ0) is 24.0. The summed E-state index contributed by atoms with van der Waals surface area (Å²) in [6.45, 7) is 7.41. The van der Waals surface area contributed by atoms with Gasteiger partial charge in [-0.15, -0.1) is 0 Å². The van der Waals surface area contributed by atoms with Gasteiger partial charge in [-0.25, -0.2) is 4.98 Å². The number of likely N-dealkylation sites (tertiary alicyclic amines) is 1. The number of anilines is 1. The first-order valence-corrected chi connectivity index (χ1v) is 11.0. The van der Waals surface area contributed by atoms with Gasteiger partial charge in [-0.05, 0) is 68.2 Å². The molecule has 33 heavy (non-hydrogen) atoms. The van der Waals surface area contributed by atoms with Gasteiger partial charge >= 0.3 is 0 Å². The minimum atomic E-state index is -0.417. The van der Waals surface area contributed by atoms with Crippen molar-refractivity contribution in [2.24, 2.45) is 11.7 Å². The van der Waals surface area contributed by atoms with Crippen LogP contribution in [0.5, 0.6) is 0 Å². The molecule has 0 bridgehead atoms. The molecule has 1 unspecified atom stereocenters. The van der Waals surface area contributed by atoms with Crippen LogP contribution in [0.3, 0.4) is 0 Å². The average Bonchev–Trinajstić information content (AvgIpc) is 3.28. The van der Waals surface area contributed by atoms with Gasteiger partial charge in [0.05, 0.1) is 22.8 Å². The Morgan fingerprint density at radius 1 is 1.36 bits per heavy atom. The highest BCUT2D eigenvalue weighted by Crippen LogP contribution is 2.22. The van der Waals surface area contributed by atoms with Crippen molar-refractivity contribution in [3.05, 3.63) is 65.0 Å². The molecule has 0 spiro atoms. The lowest BCUT2D eigenvalue weighted by Crippen LogP contribution is -2.31. The fourth-order valence-electron chi connectivity index (χ4n) is 4.02. The first-order valence-electron chi connectivity index (χ1n) is 11.0. The summed E-state index contributed by atoms with van der Waals surface area (Å²) in [5.74, 6) is 0.348. The summed E-state index contributed by atoms with van der Waals surface area (Å²) in [5, 5.41) is 11.8. The van der Waals surface area contributed by atoms with E-state index in [4.69, 9.17) is 11.0 Å². The predicted octanol–water partition coefficient (Wildman–Crippen LogP) is 2.61. The number of aryl methyl sites for hydroxylation is 1. The minimum absolute atomic E-state index is 0.0437. The molecule has 3 N–H and O–H groups in total. The molecule has 2 heterocycles. The van der Waals surface area contributed by atoms with Crippen molar-refractivity contribution >= 4 is 23.2 Å². The molecule has 3 rings (SSSR count). The summed E-state index contributed by atoms with van der Waals surface area (Å²) in [5.41, 5.74) is 8.41. The van der Waals surface area contributed by atoms with Crippen molar-refractivity contribution in [2.75, 3.05) is 38.5 Å². The van der Waals surface area contributed by atoms with Crippen LogP contribution in [-0.4, -0.2) is 59.8 Å². The lowest BCUT2D eigenvalue weighted by atomic mass is 9.98. The van der Waals surface area contributed by atoms with E-state index in [0.717, 1.165) is 38.2 Å². The first-order chi connectivity index (χ1) is 15.9. The van der Waals surface area contributed by atoms with Crippen LogP contribution in [0, 0.1) is 24.2 Å². The van der Waals surface area contributed by atoms with Crippen LogP contribution in [-0.2, 0) is 4.79 Å². The summed E-state index contributed by atoms with van der Waals surface area (Å²) in [6, 6.07) is 10.4. The maximum absolute atomic E-state index is 12.8. The van der Waals surface area contributed by atoms with Crippen molar-refractivity contribution in [1.29, 1.82) is 5.26 Å². The van der Waals surface area contributed by atoms with E-state index in [9.17, 15) is 9.59 Å². The van der Waals surface area contributed by atoms with E-state index in [2.05, 4.69) is 35.2 Å². The molecule has 1 aliphatic heterocycles. The van der Waals surface area contributed by atoms with Gasteiger partial charge in [-0.2, -0.15) is 5.26 Å². The minimum Gasteiger partial charge on any atom is -0.404 e. The van der Waals surface area contributed by atoms with E-state index in [-0.39, 0.29) is 11.5 Å². The van der Waals surface area contributed by atoms with E-state index in [1.807, 2.05) is 11.8 Å². The van der Waals surface area contributed by atoms with E-state index < -0.39 is 5.91 Å². The van der Waals surface area contributed by atoms with Gasteiger partial charge in [0.25, 0.3) is 11.8 Å². The fraction of sp³-hybridized carbons (Fsp3) is 0.360. The summed E-state index contributed by atoms with van der Waals surface area (Å²) >= 11 is 0. The Bertz CT molecular complexity index is 1090. The van der Waals surface area contributed by atoms with Crippen molar-refractivity contribution in [3.63, 3.8) is 0 Å². The van der Waals surface area contributed by atoms with Gasteiger partial charge < -0.3 is 20.9 Å². The Hall–Kier alpha value is -3.70. The second-order valence-electron chi connectivity index (χ2n) is 8.37. The van der Waals surface area contributed by atoms with Crippen LogP contribution in [0.15, 0.2) is 42.7 Å². The maximum Gasteiger partial charge on any atom is 0.258 e. The molecule has 0 aliphatic carbocycles. The molecule has 1 atom stereocenters. The predicted molar refractivity (Wildman–Crippen MR) is 128 cm³/mol. The average molecular weight is 447 g/mol. The Balaban J connectivity index is 1.64. The number of nitrogens with two attached hydrogens (primary N) is 1. The third-order valence-electron chi connectivity index (χ3n) is 5.99. The number of aromatic nitrogens is 1. The van der Waals surface area contributed by atoms with Crippen LogP contribution in [0.25, 0.3) is 5.57 Å². The molecule has 2 aromatic rings. The maximum atomic E-state index is 12.8. The van der Waals surface area contributed by atoms with Gasteiger partial charge in [-0.1, -0.05) is 13.0 Å². The lowest BCUT2D eigenvalue weighted by Gasteiger charge is -2.20. The Morgan fingerprint density at radius 3 is 2.76 bits per heavy atom. The van der Waals surface area contributed by atoms with Crippen LogP contribution in [0.1, 0.15) is 40.4 Å². The number of nitriles is 1. The molecule has 0 radical (unpaired) electrons. The summed E-state index contributed by atoms with van der Waals surface area (Å²) < 4.78 is 0. The number of benzene rings is 1. The number of carbonyl (C=O) groups is 2. The zero-order valence-electron chi connectivity index (χ0n) is 19.3. The molecule has 8 nitrogen and oxygen atoms in total. The van der Waals surface area contributed by atoms with E-state index in [1.54, 1.807) is 30.3 Å². The van der Waals surface area contributed by atoms with Gasteiger partial charge in [0.1, 0.15) is 5.82 Å². The number of rotatable bonds is 7. The molecule has 8 heteroatoms. The highest BCUT2D eigenvalue weighted by Gasteiger charge is 2.27. The van der Waals surface area contributed by atoms with E-state index >= 15 is 0 Å². The standard InChI is InChI=1S/C25H30N6O2/c1-4-30(3)15-19-9-10-31(16-19)25(33)20-6-8-23(28-14-20)29-24(32)22(13-27)21-7-5-18(12-26)11-17(21)2/h5-8,11,13-14,19H,4,9-10,15-16,27H2,1-3H3,(H,28,29,32). The van der Waals surface area contributed by atoms with E-state index in [0.29, 0.717) is 28.4 Å². The topological polar surface area (TPSA) is 115 Å². The molecule has 1 aromatic carbocycles. The number of pyridine rings is 1. The highest BCUT2D eigenvalue weighted by atomic mass is 16.2. The van der Waals surface area contributed by atoms with Gasteiger partial charge in [0, 0.05) is 32.0 Å². The first kappa shape index (κ1) is 24.0. The summed E-state index contributed by atoms with van der Waals surface area (Å²) in [4.78, 5) is 34.0. The van der Waals surface area contributed by atoms with Crippen LogP contribution < -0.4 is 11.1 Å². The summed E-state index contributed by atoms with van der Waals surface area (Å²) in [6.07, 6.45) is 3.73. The SMILES string of the molecule is CCN(C)CC1CCN(C(=O)c2ccc(NC(=O)C(=CN)c3ccc(C#N)cc3C)nc2)C1. The number of carbonyl (C=O) groups excluding carboxylic acids is 2. The van der Waals surface area contributed by atoms with Crippen molar-refractivity contribution < 1.29 is 9.59 Å². The number of nitrogens with zero attached hydrogens (tertiary/aromatic N) is 4. The second-order valence-corrected chi connectivity index (χ2v) is 8.37.